The van der Waals surface area contributed by atoms with Crippen molar-refractivity contribution in [3.63, 3.8) is 0 Å². The highest BCUT2D eigenvalue weighted by Gasteiger charge is 2.32. The molecule has 0 saturated heterocycles. The molecular formula is C27H55IO3Si. The van der Waals surface area contributed by atoms with Crippen molar-refractivity contribution in [1.82, 2.24) is 0 Å². The number of ether oxygens (including phenoxy) is 1. The normalized spacial score (nSPS) is 12.8. The van der Waals surface area contributed by atoms with Crippen LogP contribution < -0.4 is 0 Å². The summed E-state index contributed by atoms with van der Waals surface area (Å²) in [7, 11) is -1.63. The van der Waals surface area contributed by atoms with Crippen LogP contribution in [0, 0.1) is 0 Å². The monoisotopic (exact) mass is 582 g/mol. The molecule has 0 amide bonds. The van der Waals surface area contributed by atoms with Gasteiger partial charge in [-0.05, 0) is 24.6 Å². The van der Waals surface area contributed by atoms with Crippen LogP contribution in [0.3, 0.4) is 0 Å². The summed E-state index contributed by atoms with van der Waals surface area (Å²) in [6, 6.07) is 3.42. The molecular weight excluding hydrogens is 527 g/mol. The third-order valence-corrected chi connectivity index (χ3v) is 12.6. The molecule has 0 rings (SSSR count). The molecule has 0 aromatic carbocycles. The largest absolute Gasteiger partial charge is 0.463 e. The maximum Gasteiger partial charge on any atom is 0.305 e. The van der Waals surface area contributed by atoms with Gasteiger partial charge in [-0.15, -0.1) is 0 Å². The van der Waals surface area contributed by atoms with Gasteiger partial charge >= 0.3 is 5.97 Å². The maximum atomic E-state index is 12.1. The number of carbonyl (C=O) groups excluding carboxylic acids is 1. The lowest BCUT2D eigenvalue weighted by Crippen LogP contribution is -2.42. The Morgan fingerprint density at radius 1 is 0.688 bits per heavy atom. The SMILES string of the molecule is CCCCCCCCCCCCCCCCCC(=O)OC[C@H](CI)O[Si](CC)(CC)CC. The first kappa shape index (κ1) is 32.4. The summed E-state index contributed by atoms with van der Waals surface area (Å²) < 4.78 is 12.9. The molecule has 192 valence electrons. The lowest BCUT2D eigenvalue weighted by Gasteiger charge is -2.32. The Morgan fingerprint density at radius 3 is 1.47 bits per heavy atom. The molecule has 3 nitrogen and oxygen atoms in total. The van der Waals surface area contributed by atoms with E-state index in [1.165, 1.54) is 83.5 Å². The van der Waals surface area contributed by atoms with Crippen LogP contribution >= 0.6 is 22.6 Å². The van der Waals surface area contributed by atoms with E-state index in [4.69, 9.17) is 9.16 Å². The minimum absolute atomic E-state index is 0.0464. The minimum atomic E-state index is -1.63. The van der Waals surface area contributed by atoms with Crippen LogP contribution in [0.1, 0.15) is 130 Å². The number of rotatable bonds is 24. The van der Waals surface area contributed by atoms with Crippen molar-refractivity contribution < 1.29 is 14.0 Å². The molecule has 1 atom stereocenters. The molecule has 5 heteroatoms. The molecule has 0 fully saturated rings. The molecule has 0 aliphatic rings. The Morgan fingerprint density at radius 2 is 1.09 bits per heavy atom. The fourth-order valence-electron chi connectivity index (χ4n) is 4.36. The number of hydrogen-bond acceptors (Lipinski definition) is 3. The third-order valence-electron chi connectivity index (χ3n) is 6.94. The Kier molecular flexibility index (Phi) is 23.4. The van der Waals surface area contributed by atoms with E-state index in [0.29, 0.717) is 13.0 Å². The zero-order valence-electron chi connectivity index (χ0n) is 22.0. The maximum absolute atomic E-state index is 12.1. The predicted molar refractivity (Wildman–Crippen MR) is 151 cm³/mol. The fraction of sp³-hybridized carbons (Fsp3) is 0.963. The van der Waals surface area contributed by atoms with Gasteiger partial charge in [-0.1, -0.05) is 140 Å². The number of carbonyl (C=O) groups is 1. The zero-order chi connectivity index (χ0) is 23.9. The predicted octanol–water partition coefficient (Wildman–Crippen LogP) is 9.62. The van der Waals surface area contributed by atoms with E-state index in [-0.39, 0.29) is 12.1 Å². The van der Waals surface area contributed by atoms with Crippen LogP contribution in [0.15, 0.2) is 0 Å². The van der Waals surface area contributed by atoms with Crippen LogP contribution in [0.2, 0.25) is 18.1 Å². The van der Waals surface area contributed by atoms with E-state index in [1.54, 1.807) is 0 Å². The summed E-state index contributed by atoms with van der Waals surface area (Å²) in [6.45, 7) is 9.43. The average Bonchev–Trinajstić information content (AvgIpc) is 2.82. The molecule has 0 heterocycles. The first-order valence-corrected chi connectivity index (χ1v) is 18.0. The van der Waals surface area contributed by atoms with Crippen molar-refractivity contribution in [3.05, 3.63) is 0 Å². The van der Waals surface area contributed by atoms with E-state index in [1.807, 2.05) is 0 Å². The van der Waals surface area contributed by atoms with Crippen LogP contribution in [-0.4, -0.2) is 31.4 Å². The molecule has 0 aliphatic heterocycles. The van der Waals surface area contributed by atoms with Crippen molar-refractivity contribution >= 4 is 36.9 Å². The van der Waals surface area contributed by atoms with Crippen molar-refractivity contribution in [3.8, 4) is 0 Å². The summed E-state index contributed by atoms with van der Waals surface area (Å²) in [6.07, 6.45) is 20.8. The van der Waals surface area contributed by atoms with Crippen molar-refractivity contribution in [1.29, 1.82) is 0 Å². The third kappa shape index (κ3) is 17.8. The van der Waals surface area contributed by atoms with Crippen molar-refractivity contribution in [2.24, 2.45) is 0 Å². The lowest BCUT2D eigenvalue weighted by molar-refractivity contribution is -0.146. The molecule has 32 heavy (non-hydrogen) atoms. The molecule has 0 radical (unpaired) electrons. The Balaban J connectivity index is 3.58. The van der Waals surface area contributed by atoms with Crippen molar-refractivity contribution in [2.45, 2.75) is 155 Å². The van der Waals surface area contributed by atoms with Gasteiger partial charge < -0.3 is 9.16 Å². The van der Waals surface area contributed by atoms with Crippen LogP contribution in [0.25, 0.3) is 0 Å². The van der Waals surface area contributed by atoms with Gasteiger partial charge in [-0.25, -0.2) is 0 Å². The summed E-state index contributed by atoms with van der Waals surface area (Å²) in [5.41, 5.74) is 0. The summed E-state index contributed by atoms with van der Waals surface area (Å²) >= 11 is 2.36. The number of unbranched alkanes of at least 4 members (excludes halogenated alkanes) is 14. The molecule has 0 saturated carbocycles. The van der Waals surface area contributed by atoms with Gasteiger partial charge in [0.1, 0.15) is 6.61 Å². The average molecular weight is 583 g/mol. The van der Waals surface area contributed by atoms with Gasteiger partial charge in [-0.2, -0.15) is 0 Å². The van der Waals surface area contributed by atoms with Gasteiger partial charge in [0.25, 0.3) is 0 Å². The minimum Gasteiger partial charge on any atom is -0.463 e. The lowest BCUT2D eigenvalue weighted by atomic mass is 10.0. The highest BCUT2D eigenvalue weighted by Crippen LogP contribution is 2.24. The number of hydrogen-bond donors (Lipinski definition) is 0. The topological polar surface area (TPSA) is 35.5 Å². The Labute approximate surface area is 215 Å². The van der Waals surface area contributed by atoms with Gasteiger partial charge in [0.15, 0.2) is 8.32 Å². The molecule has 0 aromatic rings. The molecule has 0 bridgehead atoms. The van der Waals surface area contributed by atoms with Gasteiger partial charge in [-0.3, -0.25) is 4.79 Å². The van der Waals surface area contributed by atoms with Crippen LogP contribution in [0.5, 0.6) is 0 Å². The Hall–Kier alpha value is 0.377. The molecule has 0 N–H and O–H groups in total. The summed E-state index contributed by atoms with van der Waals surface area (Å²) in [5, 5.41) is 0. The molecule has 0 aromatic heterocycles. The first-order chi connectivity index (χ1) is 15.6. The second kappa shape index (κ2) is 23.1. The number of halogens is 1. The number of alkyl halides is 1. The van der Waals surface area contributed by atoms with Gasteiger partial charge in [0, 0.05) is 10.8 Å². The number of esters is 1. The van der Waals surface area contributed by atoms with Gasteiger partial charge in [0.2, 0.25) is 0 Å². The second-order valence-corrected chi connectivity index (χ2v) is 15.1. The van der Waals surface area contributed by atoms with Crippen molar-refractivity contribution in [2.75, 3.05) is 11.0 Å². The second-order valence-electron chi connectivity index (χ2n) is 9.52. The highest BCUT2D eigenvalue weighted by atomic mass is 127. The van der Waals surface area contributed by atoms with E-state index < -0.39 is 8.32 Å². The molecule has 0 spiro atoms. The standard InChI is InChI=1S/C27H55IO3Si/c1-5-9-10-11-12-13-14-15-16-17-18-19-20-21-22-23-27(29)30-25-26(24-28)31-32(6-2,7-3)8-4/h26H,5-25H2,1-4H3/t26-/m0/s1. The van der Waals surface area contributed by atoms with Crippen LogP contribution in [-0.2, 0) is 14.0 Å². The smallest absolute Gasteiger partial charge is 0.305 e. The van der Waals surface area contributed by atoms with E-state index >= 15 is 0 Å². The van der Waals surface area contributed by atoms with Gasteiger partial charge in [0.05, 0.1) is 6.10 Å². The molecule has 0 aliphatic carbocycles. The first-order valence-electron chi connectivity index (χ1n) is 14.0. The highest BCUT2D eigenvalue weighted by molar-refractivity contribution is 14.1. The van der Waals surface area contributed by atoms with E-state index in [9.17, 15) is 4.79 Å². The summed E-state index contributed by atoms with van der Waals surface area (Å²) in [4.78, 5) is 12.1. The zero-order valence-corrected chi connectivity index (χ0v) is 25.2. The quantitative estimate of drug-likeness (QED) is 0.0374. The molecule has 0 unspecified atom stereocenters. The van der Waals surface area contributed by atoms with Crippen LogP contribution in [0.4, 0.5) is 0 Å². The van der Waals surface area contributed by atoms with E-state index in [0.717, 1.165) is 35.4 Å². The van der Waals surface area contributed by atoms with E-state index in [2.05, 4.69) is 50.3 Å². The Bertz CT molecular complexity index is 407. The fourth-order valence-corrected chi connectivity index (χ4v) is 7.99. The summed E-state index contributed by atoms with van der Waals surface area (Å²) in [5.74, 6) is -0.0464.